The van der Waals surface area contributed by atoms with Crippen molar-refractivity contribution in [1.82, 2.24) is 4.98 Å². The molecule has 0 atom stereocenters. The van der Waals surface area contributed by atoms with Gasteiger partial charge in [-0.05, 0) is 28.3 Å². The summed E-state index contributed by atoms with van der Waals surface area (Å²) < 4.78 is 5.74. The molecule has 0 spiro atoms. The average Bonchev–Trinajstić information content (AvgIpc) is 2.75. The molecule has 0 saturated carbocycles. The summed E-state index contributed by atoms with van der Waals surface area (Å²) in [5.74, 6) is -0.987. The number of nitrogens with zero attached hydrogens (tertiary/aromatic N) is 1. The molecule has 0 unspecified atom stereocenters. The number of carbonyl (C=O) groups excluding carboxylic acids is 1. The van der Waals surface area contributed by atoms with Gasteiger partial charge in [-0.3, -0.25) is 9.59 Å². The van der Waals surface area contributed by atoms with Crippen LogP contribution in [0, 0.1) is 0 Å². The highest BCUT2D eigenvalue weighted by Gasteiger charge is 2.06. The first-order valence-corrected chi connectivity index (χ1v) is 9.29. The number of amides is 1. The Bertz CT molecular complexity index is 939. The van der Waals surface area contributed by atoms with Crippen LogP contribution in [0.1, 0.15) is 24.0 Å². The molecular weight excluding hydrogens is 368 g/mol. The fourth-order valence-electron chi connectivity index (χ4n) is 2.72. The molecule has 148 valence electrons. The van der Waals surface area contributed by atoms with Crippen LogP contribution in [0.2, 0.25) is 0 Å². The van der Waals surface area contributed by atoms with E-state index >= 15 is 0 Å². The number of carboxylic acid groups (broad SMARTS) is 1. The lowest BCUT2D eigenvalue weighted by Gasteiger charge is -2.07. The molecule has 0 radical (unpaired) electrons. The first-order valence-electron chi connectivity index (χ1n) is 9.29. The van der Waals surface area contributed by atoms with Gasteiger partial charge in [-0.15, -0.1) is 0 Å². The molecule has 6 nitrogen and oxygen atoms in total. The monoisotopic (exact) mass is 390 g/mol. The summed E-state index contributed by atoms with van der Waals surface area (Å²) >= 11 is 0. The zero-order chi connectivity index (χ0) is 20.5. The number of aliphatic carboxylic acids is 1. The highest BCUT2D eigenvalue weighted by Crippen LogP contribution is 2.19. The van der Waals surface area contributed by atoms with Gasteiger partial charge in [0.05, 0.1) is 19.6 Å². The molecule has 0 bridgehead atoms. The van der Waals surface area contributed by atoms with Crippen LogP contribution in [0.5, 0.6) is 0 Å². The van der Waals surface area contributed by atoms with Gasteiger partial charge < -0.3 is 15.2 Å². The highest BCUT2D eigenvalue weighted by molar-refractivity contribution is 5.91. The number of hydrogen-bond donors (Lipinski definition) is 2. The van der Waals surface area contributed by atoms with Gasteiger partial charge in [0, 0.05) is 12.6 Å². The summed E-state index contributed by atoms with van der Waals surface area (Å²) in [7, 11) is 0. The molecule has 3 aromatic rings. The van der Waals surface area contributed by atoms with Crippen molar-refractivity contribution in [2.75, 3.05) is 5.32 Å². The summed E-state index contributed by atoms with van der Waals surface area (Å²) in [5.41, 5.74) is 4.31. The molecule has 29 heavy (non-hydrogen) atoms. The Labute approximate surface area is 169 Å². The Balaban J connectivity index is 1.44. The Hall–Kier alpha value is -3.51. The molecular formula is C23H22N2O4. The van der Waals surface area contributed by atoms with E-state index in [0.717, 1.165) is 11.1 Å². The minimum absolute atomic E-state index is 0.0784. The second-order valence-electron chi connectivity index (χ2n) is 6.55. The molecule has 0 aliphatic carbocycles. The normalized spacial score (nSPS) is 10.5. The van der Waals surface area contributed by atoms with Crippen molar-refractivity contribution in [2.24, 2.45) is 0 Å². The third-order valence-electron chi connectivity index (χ3n) is 4.26. The van der Waals surface area contributed by atoms with Crippen LogP contribution >= 0.6 is 0 Å². The summed E-state index contributed by atoms with van der Waals surface area (Å²) in [6, 6.07) is 22.0. The zero-order valence-corrected chi connectivity index (χ0v) is 15.9. The van der Waals surface area contributed by atoms with Gasteiger partial charge in [0.15, 0.2) is 0 Å². The summed E-state index contributed by atoms with van der Waals surface area (Å²) in [5, 5.41) is 11.2. The van der Waals surface area contributed by atoms with E-state index in [-0.39, 0.29) is 18.7 Å². The number of anilines is 1. The van der Waals surface area contributed by atoms with Crippen molar-refractivity contribution >= 4 is 17.7 Å². The average molecular weight is 390 g/mol. The van der Waals surface area contributed by atoms with Gasteiger partial charge >= 0.3 is 5.97 Å². The number of ether oxygens (including phenoxy) is 1. The molecule has 2 N–H and O–H groups in total. The predicted molar refractivity (Wildman–Crippen MR) is 110 cm³/mol. The first-order chi connectivity index (χ1) is 14.1. The minimum atomic E-state index is -1.00. The quantitative estimate of drug-likeness (QED) is 0.570. The number of nitrogens with one attached hydrogen (secondary N) is 1. The third kappa shape index (κ3) is 6.55. The van der Waals surface area contributed by atoms with Crippen molar-refractivity contribution < 1.29 is 19.4 Å². The Morgan fingerprint density at radius 1 is 0.828 bits per heavy atom. The van der Waals surface area contributed by atoms with Crippen LogP contribution in [-0.2, 0) is 27.5 Å². The maximum Gasteiger partial charge on any atom is 0.303 e. The van der Waals surface area contributed by atoms with E-state index in [9.17, 15) is 9.59 Å². The van der Waals surface area contributed by atoms with Crippen LogP contribution in [0.15, 0.2) is 72.9 Å². The number of carbonyl (C=O) groups is 2. The van der Waals surface area contributed by atoms with Crippen molar-refractivity contribution in [3.63, 3.8) is 0 Å². The van der Waals surface area contributed by atoms with E-state index in [1.807, 2.05) is 24.3 Å². The van der Waals surface area contributed by atoms with Gasteiger partial charge in [-0.2, -0.15) is 0 Å². The molecule has 2 aromatic carbocycles. The maximum atomic E-state index is 11.6. The lowest BCUT2D eigenvalue weighted by Crippen LogP contribution is -2.14. The topological polar surface area (TPSA) is 88.5 Å². The van der Waals surface area contributed by atoms with Gasteiger partial charge in [-0.25, -0.2) is 4.98 Å². The largest absolute Gasteiger partial charge is 0.481 e. The lowest BCUT2D eigenvalue weighted by atomic mass is 10.0. The van der Waals surface area contributed by atoms with Crippen LogP contribution in [0.3, 0.4) is 0 Å². The summed E-state index contributed by atoms with van der Waals surface area (Å²) in [6.45, 7) is 0.892. The van der Waals surface area contributed by atoms with E-state index in [0.29, 0.717) is 19.0 Å². The van der Waals surface area contributed by atoms with Crippen molar-refractivity contribution in [3.8, 4) is 11.1 Å². The standard InChI is InChI=1S/C23H22N2O4/c26-22(12-13-23(27)28)25-21-11-8-18(14-24-21)16-29-15-17-6-9-20(10-7-17)19-4-2-1-3-5-19/h1-11,14H,12-13,15-16H2,(H,27,28)(H,24,25,26). The Morgan fingerprint density at radius 2 is 1.48 bits per heavy atom. The predicted octanol–water partition coefficient (Wildman–Crippen LogP) is 4.27. The van der Waals surface area contributed by atoms with Crippen LogP contribution in [0.4, 0.5) is 5.82 Å². The molecule has 0 aliphatic heterocycles. The van der Waals surface area contributed by atoms with Gasteiger partial charge in [0.25, 0.3) is 0 Å². The first kappa shape index (κ1) is 20.2. The smallest absolute Gasteiger partial charge is 0.303 e. The number of carboxylic acids is 1. The Kier molecular flexibility index (Phi) is 7.08. The lowest BCUT2D eigenvalue weighted by molar-refractivity contribution is -0.138. The molecule has 1 aromatic heterocycles. The van der Waals surface area contributed by atoms with E-state index in [4.69, 9.17) is 9.84 Å². The fraction of sp³-hybridized carbons (Fsp3) is 0.174. The third-order valence-corrected chi connectivity index (χ3v) is 4.26. The molecule has 6 heteroatoms. The van der Waals surface area contributed by atoms with Crippen LogP contribution < -0.4 is 5.32 Å². The van der Waals surface area contributed by atoms with Crippen molar-refractivity contribution in [2.45, 2.75) is 26.1 Å². The van der Waals surface area contributed by atoms with Crippen molar-refractivity contribution in [3.05, 3.63) is 84.1 Å². The second kappa shape index (κ2) is 10.1. The number of aromatic nitrogens is 1. The molecule has 1 amide bonds. The molecule has 0 fully saturated rings. The fourth-order valence-corrected chi connectivity index (χ4v) is 2.72. The number of pyridine rings is 1. The number of hydrogen-bond acceptors (Lipinski definition) is 4. The van der Waals surface area contributed by atoms with E-state index in [1.54, 1.807) is 12.3 Å². The van der Waals surface area contributed by atoms with Crippen molar-refractivity contribution in [1.29, 1.82) is 0 Å². The molecule has 3 rings (SSSR count). The van der Waals surface area contributed by atoms with E-state index in [2.05, 4.69) is 46.7 Å². The zero-order valence-electron chi connectivity index (χ0n) is 15.9. The molecule has 1 heterocycles. The van der Waals surface area contributed by atoms with Gasteiger partial charge in [0.2, 0.25) is 5.91 Å². The molecule has 0 saturated heterocycles. The van der Waals surface area contributed by atoms with Gasteiger partial charge in [-0.1, -0.05) is 60.7 Å². The summed E-state index contributed by atoms with van der Waals surface area (Å²) in [6.07, 6.45) is 1.35. The van der Waals surface area contributed by atoms with E-state index in [1.165, 1.54) is 11.1 Å². The molecule has 0 aliphatic rings. The van der Waals surface area contributed by atoms with Crippen LogP contribution in [0.25, 0.3) is 11.1 Å². The number of rotatable bonds is 9. The minimum Gasteiger partial charge on any atom is -0.481 e. The second-order valence-corrected chi connectivity index (χ2v) is 6.55. The maximum absolute atomic E-state index is 11.6. The van der Waals surface area contributed by atoms with Gasteiger partial charge in [0.1, 0.15) is 5.82 Å². The highest BCUT2D eigenvalue weighted by atomic mass is 16.5. The van der Waals surface area contributed by atoms with Crippen LogP contribution in [-0.4, -0.2) is 22.0 Å². The van der Waals surface area contributed by atoms with E-state index < -0.39 is 5.97 Å². The Morgan fingerprint density at radius 3 is 2.14 bits per heavy atom. The SMILES string of the molecule is O=C(O)CCC(=O)Nc1ccc(COCc2ccc(-c3ccccc3)cc2)cn1. The summed E-state index contributed by atoms with van der Waals surface area (Å²) in [4.78, 5) is 26.2. The number of benzene rings is 2.